The molecule has 0 bridgehead atoms. The lowest BCUT2D eigenvalue weighted by atomic mass is 9.79. The molecule has 2 atom stereocenters. The Hall–Kier alpha value is -2.92. The van der Waals surface area contributed by atoms with Crippen LogP contribution in [0.5, 0.6) is 5.75 Å². The number of nitrogens with zero attached hydrogens (tertiary/aromatic N) is 2. The SMILES string of the molecule is COc1ccc2nccc(CCC[C@@H]3CCN(CCCc4ccc(C)cc4)C[C@@H]3CC(=O)O)c2c1. The molecule has 1 aliphatic rings. The van der Waals surface area contributed by atoms with Gasteiger partial charge in [-0.1, -0.05) is 29.8 Å². The molecule has 4 rings (SSSR count). The van der Waals surface area contributed by atoms with Gasteiger partial charge in [-0.05, 0) is 106 Å². The monoisotopic (exact) mass is 474 g/mol. The zero-order valence-electron chi connectivity index (χ0n) is 21.1. The highest BCUT2D eigenvalue weighted by molar-refractivity contribution is 5.83. The summed E-state index contributed by atoms with van der Waals surface area (Å²) in [4.78, 5) is 18.6. The lowest BCUT2D eigenvalue weighted by Gasteiger charge is -2.38. The molecule has 1 N–H and O–H groups in total. The van der Waals surface area contributed by atoms with Crippen molar-refractivity contribution in [3.05, 3.63) is 71.4 Å². The molecule has 5 heteroatoms. The third kappa shape index (κ3) is 7.04. The number of methoxy groups -OCH3 is 1. The highest BCUT2D eigenvalue weighted by Gasteiger charge is 2.30. The molecule has 0 spiro atoms. The molecule has 0 unspecified atom stereocenters. The van der Waals surface area contributed by atoms with Crippen LogP contribution in [-0.2, 0) is 17.6 Å². The van der Waals surface area contributed by atoms with E-state index in [1.807, 2.05) is 18.3 Å². The Morgan fingerprint density at radius 2 is 1.91 bits per heavy atom. The lowest BCUT2D eigenvalue weighted by Crippen LogP contribution is -2.41. The number of hydrogen-bond acceptors (Lipinski definition) is 4. The van der Waals surface area contributed by atoms with Gasteiger partial charge in [0, 0.05) is 24.5 Å². The number of benzene rings is 2. The first-order valence-electron chi connectivity index (χ1n) is 12.9. The third-order valence-electron chi connectivity index (χ3n) is 7.53. The van der Waals surface area contributed by atoms with Crippen molar-refractivity contribution >= 4 is 16.9 Å². The highest BCUT2D eigenvalue weighted by atomic mass is 16.5. The van der Waals surface area contributed by atoms with E-state index < -0.39 is 5.97 Å². The van der Waals surface area contributed by atoms with Crippen LogP contribution >= 0.6 is 0 Å². The molecule has 0 aliphatic carbocycles. The molecule has 1 aliphatic heterocycles. The molecule has 2 heterocycles. The minimum Gasteiger partial charge on any atom is -0.497 e. The summed E-state index contributed by atoms with van der Waals surface area (Å²) in [6.07, 6.45) is 8.55. The van der Waals surface area contributed by atoms with E-state index >= 15 is 0 Å². The van der Waals surface area contributed by atoms with Gasteiger partial charge in [0.2, 0.25) is 0 Å². The van der Waals surface area contributed by atoms with Crippen molar-refractivity contribution in [2.45, 2.75) is 51.9 Å². The van der Waals surface area contributed by atoms with E-state index in [1.165, 1.54) is 16.7 Å². The smallest absolute Gasteiger partial charge is 0.303 e. The number of aromatic nitrogens is 1. The first-order valence-corrected chi connectivity index (χ1v) is 12.9. The van der Waals surface area contributed by atoms with E-state index in [0.29, 0.717) is 5.92 Å². The highest BCUT2D eigenvalue weighted by Crippen LogP contribution is 2.32. The fourth-order valence-corrected chi connectivity index (χ4v) is 5.54. The van der Waals surface area contributed by atoms with Crippen LogP contribution < -0.4 is 4.74 Å². The van der Waals surface area contributed by atoms with Crippen LogP contribution in [0.4, 0.5) is 0 Å². The van der Waals surface area contributed by atoms with E-state index in [0.717, 1.165) is 74.8 Å². The molecule has 35 heavy (non-hydrogen) atoms. The summed E-state index contributed by atoms with van der Waals surface area (Å²) in [5.41, 5.74) is 4.96. The summed E-state index contributed by atoms with van der Waals surface area (Å²) < 4.78 is 5.41. The van der Waals surface area contributed by atoms with Crippen LogP contribution in [0.25, 0.3) is 10.9 Å². The zero-order valence-corrected chi connectivity index (χ0v) is 21.1. The van der Waals surface area contributed by atoms with Gasteiger partial charge in [-0.2, -0.15) is 0 Å². The normalized spacial score (nSPS) is 18.6. The first-order chi connectivity index (χ1) is 17.0. The van der Waals surface area contributed by atoms with Crippen LogP contribution in [0.15, 0.2) is 54.7 Å². The number of carbonyl (C=O) groups is 1. The number of fused-ring (bicyclic) bond motifs is 1. The molecule has 0 radical (unpaired) electrons. The summed E-state index contributed by atoms with van der Waals surface area (Å²) in [5.74, 6) is 0.883. The van der Waals surface area contributed by atoms with Crippen molar-refractivity contribution in [2.75, 3.05) is 26.7 Å². The summed E-state index contributed by atoms with van der Waals surface area (Å²) >= 11 is 0. The maximum absolute atomic E-state index is 11.6. The summed E-state index contributed by atoms with van der Waals surface area (Å²) in [7, 11) is 1.69. The molecule has 1 saturated heterocycles. The second-order valence-corrected chi connectivity index (χ2v) is 10.0. The number of likely N-dealkylation sites (tertiary alicyclic amines) is 1. The Morgan fingerprint density at radius 1 is 1.09 bits per heavy atom. The Labute approximate surface area is 209 Å². The number of aryl methyl sites for hydroxylation is 3. The average Bonchev–Trinajstić information content (AvgIpc) is 2.86. The second-order valence-electron chi connectivity index (χ2n) is 10.0. The molecular weight excluding hydrogens is 436 g/mol. The number of carboxylic acids is 1. The number of hydrogen-bond donors (Lipinski definition) is 1. The summed E-state index contributed by atoms with van der Waals surface area (Å²) in [5, 5.41) is 10.7. The van der Waals surface area contributed by atoms with E-state index in [9.17, 15) is 9.90 Å². The fourth-order valence-electron chi connectivity index (χ4n) is 5.54. The van der Waals surface area contributed by atoms with Crippen molar-refractivity contribution in [2.24, 2.45) is 11.8 Å². The van der Waals surface area contributed by atoms with Crippen molar-refractivity contribution in [1.29, 1.82) is 0 Å². The van der Waals surface area contributed by atoms with Gasteiger partial charge in [-0.25, -0.2) is 0 Å². The van der Waals surface area contributed by atoms with E-state index in [2.05, 4.69) is 53.2 Å². The van der Waals surface area contributed by atoms with Crippen molar-refractivity contribution in [3.63, 3.8) is 0 Å². The van der Waals surface area contributed by atoms with Gasteiger partial charge in [0.05, 0.1) is 12.6 Å². The van der Waals surface area contributed by atoms with Gasteiger partial charge in [0.15, 0.2) is 0 Å². The predicted molar refractivity (Wildman–Crippen MR) is 141 cm³/mol. The van der Waals surface area contributed by atoms with E-state index in [-0.39, 0.29) is 12.3 Å². The van der Waals surface area contributed by atoms with Crippen LogP contribution in [0.2, 0.25) is 0 Å². The predicted octanol–water partition coefficient (Wildman–Crippen LogP) is 5.92. The quantitative estimate of drug-likeness (QED) is 0.374. The van der Waals surface area contributed by atoms with Crippen LogP contribution in [0, 0.1) is 18.8 Å². The number of pyridine rings is 1. The third-order valence-corrected chi connectivity index (χ3v) is 7.53. The maximum Gasteiger partial charge on any atom is 0.303 e. The number of ether oxygens (including phenoxy) is 1. The number of piperidine rings is 1. The largest absolute Gasteiger partial charge is 0.497 e. The molecule has 2 aromatic carbocycles. The lowest BCUT2D eigenvalue weighted by molar-refractivity contribution is -0.139. The van der Waals surface area contributed by atoms with Crippen molar-refractivity contribution in [1.82, 2.24) is 9.88 Å². The minimum absolute atomic E-state index is 0.231. The number of carboxylic acid groups (broad SMARTS) is 1. The minimum atomic E-state index is -0.672. The van der Waals surface area contributed by atoms with Gasteiger partial charge >= 0.3 is 5.97 Å². The molecule has 0 saturated carbocycles. The topological polar surface area (TPSA) is 62.7 Å². The van der Waals surface area contributed by atoms with Gasteiger partial charge in [-0.3, -0.25) is 9.78 Å². The second kappa shape index (κ2) is 12.2. The molecule has 5 nitrogen and oxygen atoms in total. The van der Waals surface area contributed by atoms with Gasteiger partial charge in [0.1, 0.15) is 5.75 Å². The maximum atomic E-state index is 11.6. The van der Waals surface area contributed by atoms with Gasteiger partial charge < -0.3 is 14.7 Å². The number of aliphatic carboxylic acids is 1. The molecule has 0 amide bonds. The zero-order chi connectivity index (χ0) is 24.6. The Bertz CT molecular complexity index is 1110. The van der Waals surface area contributed by atoms with Gasteiger partial charge in [-0.15, -0.1) is 0 Å². The van der Waals surface area contributed by atoms with Crippen LogP contribution in [-0.4, -0.2) is 47.7 Å². The molecule has 1 fully saturated rings. The van der Waals surface area contributed by atoms with Crippen molar-refractivity contribution in [3.8, 4) is 5.75 Å². The van der Waals surface area contributed by atoms with Crippen LogP contribution in [0.1, 0.15) is 48.8 Å². The Kier molecular flexibility index (Phi) is 8.75. The standard InChI is InChI=1S/C30H38N2O3/c1-22-8-10-23(11-9-22)5-4-17-32-18-15-24(26(21-32)19-30(33)34)6-3-7-25-14-16-31-29-13-12-27(35-2)20-28(25)29/h8-14,16,20,24,26H,3-7,15,17-19,21H2,1-2H3,(H,33,34)/t24-,26+/m1/s1. The van der Waals surface area contributed by atoms with E-state index in [1.54, 1.807) is 7.11 Å². The summed E-state index contributed by atoms with van der Waals surface area (Å²) in [6.45, 7) is 5.14. The molecular formula is C30H38N2O3. The Morgan fingerprint density at radius 3 is 2.69 bits per heavy atom. The van der Waals surface area contributed by atoms with Gasteiger partial charge in [0.25, 0.3) is 0 Å². The number of rotatable bonds is 11. The Balaban J connectivity index is 1.30. The molecule has 1 aromatic heterocycles. The molecule has 186 valence electrons. The summed E-state index contributed by atoms with van der Waals surface area (Å²) in [6, 6.07) is 16.9. The molecule has 3 aromatic rings. The van der Waals surface area contributed by atoms with Crippen LogP contribution in [0.3, 0.4) is 0 Å². The average molecular weight is 475 g/mol. The fraction of sp³-hybridized carbons (Fsp3) is 0.467. The first kappa shape index (κ1) is 25.2. The van der Waals surface area contributed by atoms with Crippen molar-refractivity contribution < 1.29 is 14.6 Å². The van der Waals surface area contributed by atoms with E-state index in [4.69, 9.17) is 4.74 Å².